The van der Waals surface area contributed by atoms with E-state index in [0.717, 1.165) is 35.7 Å². The highest BCUT2D eigenvalue weighted by Gasteiger charge is 2.44. The number of hydrogen-bond donors (Lipinski definition) is 1. The Morgan fingerprint density at radius 2 is 1.88 bits per heavy atom. The van der Waals surface area contributed by atoms with Gasteiger partial charge in [-0.15, -0.1) is 0 Å². The second-order valence-corrected chi connectivity index (χ2v) is 11.8. The van der Waals surface area contributed by atoms with E-state index in [1.165, 1.54) is 12.1 Å². The van der Waals surface area contributed by atoms with E-state index in [2.05, 4.69) is 14.9 Å². The normalized spacial score (nSPS) is 15.0. The molecule has 1 aliphatic carbocycles. The summed E-state index contributed by atoms with van der Waals surface area (Å²) in [4.78, 5) is 38.0. The number of carbonyl (C=O) groups excluding carboxylic acids is 1. The van der Waals surface area contributed by atoms with Crippen molar-refractivity contribution in [2.24, 2.45) is 5.41 Å². The van der Waals surface area contributed by atoms with Crippen LogP contribution in [-0.4, -0.2) is 63.0 Å². The third-order valence-corrected chi connectivity index (χ3v) is 8.08. The van der Waals surface area contributed by atoms with E-state index in [0.29, 0.717) is 29.0 Å². The molecule has 0 unspecified atom stereocenters. The first kappa shape index (κ1) is 28.4. The monoisotopic (exact) mass is 583 g/mol. The molecule has 2 heterocycles. The molecule has 1 fully saturated rings. The number of hydrogen-bond acceptors (Lipinski definition) is 9. The molecule has 1 amide bonds. The number of aryl methyl sites for hydroxylation is 1. The number of ether oxygens (including phenoxy) is 2. The number of fused-ring (bicyclic) bond motifs is 2. The van der Waals surface area contributed by atoms with Crippen molar-refractivity contribution in [3.63, 3.8) is 0 Å². The summed E-state index contributed by atoms with van der Waals surface area (Å²) >= 11 is 0. The number of nitro benzene ring substituents is 1. The number of benzene rings is 3. The predicted octanol–water partition coefficient (Wildman–Crippen LogP) is 5.01. The first-order chi connectivity index (χ1) is 20.6. The van der Waals surface area contributed by atoms with Gasteiger partial charge in [-0.1, -0.05) is 30.3 Å². The van der Waals surface area contributed by atoms with E-state index in [-0.39, 0.29) is 54.3 Å². The lowest BCUT2D eigenvalue weighted by molar-refractivity contribution is -0.385. The van der Waals surface area contributed by atoms with Crippen LogP contribution in [0.2, 0.25) is 0 Å². The molecule has 11 nitrogen and oxygen atoms in total. The average Bonchev–Trinajstić information content (AvgIpc) is 3.59. The molecule has 11 heteroatoms. The Bertz CT molecular complexity index is 1740. The van der Waals surface area contributed by atoms with Gasteiger partial charge in [0.15, 0.2) is 0 Å². The van der Waals surface area contributed by atoms with Gasteiger partial charge in [-0.3, -0.25) is 14.9 Å². The topological polar surface area (TPSA) is 131 Å². The van der Waals surface area contributed by atoms with Crippen LogP contribution in [0.1, 0.15) is 45.6 Å². The third-order valence-electron chi connectivity index (χ3n) is 8.08. The first-order valence-corrected chi connectivity index (χ1v) is 14.2. The van der Waals surface area contributed by atoms with E-state index in [1.54, 1.807) is 29.2 Å². The third kappa shape index (κ3) is 5.80. The fourth-order valence-corrected chi connectivity index (χ4v) is 5.84. The number of aromatic nitrogens is 2. The largest absolute Gasteiger partial charge is 0.508 e. The van der Waals surface area contributed by atoms with Crippen molar-refractivity contribution in [2.75, 3.05) is 27.2 Å². The van der Waals surface area contributed by atoms with Gasteiger partial charge in [-0.2, -0.15) is 9.97 Å². The van der Waals surface area contributed by atoms with Crippen LogP contribution in [0.15, 0.2) is 54.6 Å². The second kappa shape index (κ2) is 11.1. The minimum Gasteiger partial charge on any atom is -0.508 e. The molecule has 2 aliphatic rings. The van der Waals surface area contributed by atoms with Gasteiger partial charge in [0, 0.05) is 18.0 Å². The Balaban J connectivity index is 1.31. The Morgan fingerprint density at radius 3 is 2.63 bits per heavy atom. The molecule has 1 aliphatic heterocycles. The quantitative estimate of drug-likeness (QED) is 0.202. The highest BCUT2D eigenvalue weighted by atomic mass is 16.6. The Labute approximate surface area is 248 Å². The molecule has 0 atom stereocenters. The molecule has 0 spiro atoms. The summed E-state index contributed by atoms with van der Waals surface area (Å²) in [6.07, 6.45) is 2.10. The van der Waals surface area contributed by atoms with Gasteiger partial charge in [-0.05, 0) is 68.4 Å². The molecular formula is C32H33N5O6. The standard InChI is InChI=1S/C32H33N5O6/c1-20-7-6-9-21-13-23(38)14-24(28(20)21)30(39)36-15-25-26(16-36)33-31(43-19-32(11-12-32)18-35(2)3)34-29(25)42-17-22-8-4-5-10-27(22)37(40)41/h4-10,13-14,38H,11-12,15-19H2,1-3H3. The van der Waals surface area contributed by atoms with Gasteiger partial charge in [0.05, 0.1) is 47.0 Å². The molecule has 0 saturated heterocycles. The van der Waals surface area contributed by atoms with Gasteiger partial charge >= 0.3 is 6.01 Å². The van der Waals surface area contributed by atoms with Gasteiger partial charge in [0.2, 0.25) is 5.88 Å². The predicted molar refractivity (Wildman–Crippen MR) is 159 cm³/mol. The smallest absolute Gasteiger partial charge is 0.320 e. The number of amides is 1. The fourth-order valence-electron chi connectivity index (χ4n) is 5.84. The molecular weight excluding hydrogens is 550 g/mol. The van der Waals surface area contributed by atoms with E-state index >= 15 is 0 Å². The summed E-state index contributed by atoms with van der Waals surface area (Å²) in [5, 5.41) is 23.5. The van der Waals surface area contributed by atoms with Crippen molar-refractivity contribution < 1.29 is 24.3 Å². The number of carbonyl (C=O) groups is 1. The number of phenolic OH excluding ortho intramolecular Hbond substituents is 1. The molecule has 1 aromatic heterocycles. The summed E-state index contributed by atoms with van der Waals surface area (Å²) < 4.78 is 12.2. The lowest BCUT2D eigenvalue weighted by Crippen LogP contribution is -2.28. The van der Waals surface area contributed by atoms with Crippen molar-refractivity contribution in [2.45, 2.75) is 39.5 Å². The summed E-state index contributed by atoms with van der Waals surface area (Å²) in [5.41, 5.74) is 2.93. The fraction of sp³-hybridized carbons (Fsp3) is 0.344. The number of nitro groups is 1. The molecule has 222 valence electrons. The maximum Gasteiger partial charge on any atom is 0.320 e. The van der Waals surface area contributed by atoms with E-state index in [4.69, 9.17) is 9.47 Å². The number of phenols is 1. The number of aromatic hydroxyl groups is 1. The van der Waals surface area contributed by atoms with Crippen molar-refractivity contribution in [3.05, 3.63) is 92.7 Å². The lowest BCUT2D eigenvalue weighted by Gasteiger charge is -2.20. The molecule has 6 rings (SSSR count). The molecule has 3 aromatic carbocycles. The Hall–Kier alpha value is -4.77. The molecule has 43 heavy (non-hydrogen) atoms. The van der Waals surface area contributed by atoms with E-state index in [9.17, 15) is 20.0 Å². The van der Waals surface area contributed by atoms with Crippen LogP contribution >= 0.6 is 0 Å². The van der Waals surface area contributed by atoms with Crippen LogP contribution in [-0.2, 0) is 19.7 Å². The summed E-state index contributed by atoms with van der Waals surface area (Å²) in [6, 6.07) is 15.4. The van der Waals surface area contributed by atoms with E-state index in [1.807, 2.05) is 39.2 Å². The zero-order valence-corrected chi connectivity index (χ0v) is 24.4. The SMILES string of the molecule is Cc1cccc2cc(O)cc(C(=O)N3Cc4nc(OCC5(CN(C)C)CC5)nc(OCc5ccccc5[N+](=O)[O-])c4C3)c12. The van der Waals surface area contributed by atoms with Gasteiger partial charge < -0.3 is 24.4 Å². The van der Waals surface area contributed by atoms with E-state index < -0.39 is 4.92 Å². The minimum absolute atomic E-state index is 0.00819. The van der Waals surface area contributed by atoms with Gasteiger partial charge in [0.1, 0.15) is 12.4 Å². The van der Waals surface area contributed by atoms with Crippen molar-refractivity contribution in [1.82, 2.24) is 19.8 Å². The van der Waals surface area contributed by atoms with Crippen LogP contribution in [0.3, 0.4) is 0 Å². The molecule has 1 saturated carbocycles. The molecule has 1 N–H and O–H groups in total. The van der Waals surface area contributed by atoms with Crippen LogP contribution in [0.5, 0.6) is 17.6 Å². The van der Waals surface area contributed by atoms with Crippen molar-refractivity contribution in [3.8, 4) is 17.6 Å². The summed E-state index contributed by atoms with van der Waals surface area (Å²) in [7, 11) is 4.06. The maximum atomic E-state index is 13.9. The zero-order valence-electron chi connectivity index (χ0n) is 24.4. The molecule has 0 bridgehead atoms. The van der Waals surface area contributed by atoms with Crippen LogP contribution in [0.4, 0.5) is 5.69 Å². The average molecular weight is 584 g/mol. The van der Waals surface area contributed by atoms with Crippen molar-refractivity contribution >= 4 is 22.4 Å². The van der Waals surface area contributed by atoms with Gasteiger partial charge in [0.25, 0.3) is 11.6 Å². The van der Waals surface area contributed by atoms with Crippen LogP contribution < -0.4 is 9.47 Å². The first-order valence-electron chi connectivity index (χ1n) is 14.2. The number of para-hydroxylation sites is 1. The highest BCUT2D eigenvalue weighted by Crippen LogP contribution is 2.46. The Kier molecular flexibility index (Phi) is 7.35. The lowest BCUT2D eigenvalue weighted by atomic mass is 9.98. The van der Waals surface area contributed by atoms with Crippen LogP contribution in [0.25, 0.3) is 10.8 Å². The highest BCUT2D eigenvalue weighted by molar-refractivity contribution is 6.09. The van der Waals surface area contributed by atoms with Crippen molar-refractivity contribution in [1.29, 1.82) is 0 Å². The number of rotatable bonds is 10. The summed E-state index contributed by atoms with van der Waals surface area (Å²) in [6.45, 7) is 3.55. The Morgan fingerprint density at radius 1 is 1.09 bits per heavy atom. The molecule has 0 radical (unpaired) electrons. The minimum atomic E-state index is -0.445. The maximum absolute atomic E-state index is 13.9. The molecule has 4 aromatic rings. The van der Waals surface area contributed by atoms with Gasteiger partial charge in [-0.25, -0.2) is 0 Å². The second-order valence-electron chi connectivity index (χ2n) is 11.8. The van der Waals surface area contributed by atoms with Crippen LogP contribution in [0, 0.1) is 22.5 Å². The summed E-state index contributed by atoms with van der Waals surface area (Å²) in [5.74, 6) is -0.0278. The zero-order chi connectivity index (χ0) is 30.3. The number of nitrogens with zero attached hydrogens (tertiary/aromatic N) is 5.